The van der Waals surface area contributed by atoms with Gasteiger partial charge in [0.25, 0.3) is 10.0 Å². The SMILES string of the molecule is CC(C)C(=O)c1ccccc1.CCOC1CCNc2ccc(S(=O)(=O)Nc3ccc(C)c(Cl)c3)cc21. The Morgan fingerprint density at radius 3 is 2.47 bits per heavy atom. The lowest BCUT2D eigenvalue weighted by molar-refractivity contribution is 0.0568. The van der Waals surface area contributed by atoms with Gasteiger partial charge in [0.15, 0.2) is 5.78 Å². The molecule has 0 aromatic heterocycles. The summed E-state index contributed by atoms with van der Waals surface area (Å²) in [6.07, 6.45) is 0.718. The van der Waals surface area contributed by atoms with Crippen LogP contribution >= 0.6 is 11.6 Å². The Labute approximate surface area is 219 Å². The highest BCUT2D eigenvalue weighted by Gasteiger charge is 2.24. The van der Waals surface area contributed by atoms with E-state index in [2.05, 4.69) is 10.0 Å². The van der Waals surface area contributed by atoms with Gasteiger partial charge in [-0.2, -0.15) is 0 Å². The molecule has 0 bridgehead atoms. The van der Waals surface area contributed by atoms with Gasteiger partial charge in [0.05, 0.1) is 16.7 Å². The molecule has 36 heavy (non-hydrogen) atoms. The minimum Gasteiger partial charge on any atom is -0.385 e. The Morgan fingerprint density at radius 1 is 1.11 bits per heavy atom. The van der Waals surface area contributed by atoms with E-state index in [4.69, 9.17) is 16.3 Å². The van der Waals surface area contributed by atoms with Crippen molar-refractivity contribution in [3.8, 4) is 0 Å². The smallest absolute Gasteiger partial charge is 0.261 e. The molecular formula is C28H33ClN2O4S. The summed E-state index contributed by atoms with van der Waals surface area (Å²) in [7, 11) is -3.71. The monoisotopic (exact) mass is 528 g/mol. The van der Waals surface area contributed by atoms with Gasteiger partial charge in [-0.15, -0.1) is 0 Å². The highest BCUT2D eigenvalue weighted by molar-refractivity contribution is 7.92. The lowest BCUT2D eigenvalue weighted by Gasteiger charge is -2.27. The van der Waals surface area contributed by atoms with Gasteiger partial charge in [0, 0.05) is 40.9 Å². The number of ether oxygens (including phenoxy) is 1. The van der Waals surface area contributed by atoms with Crippen LogP contribution in [0, 0.1) is 12.8 Å². The zero-order valence-electron chi connectivity index (χ0n) is 21.0. The van der Waals surface area contributed by atoms with Crippen LogP contribution in [0.3, 0.4) is 0 Å². The Kier molecular flexibility index (Phi) is 9.54. The van der Waals surface area contributed by atoms with E-state index in [1.54, 1.807) is 36.4 Å². The summed E-state index contributed by atoms with van der Waals surface area (Å²) >= 11 is 6.08. The summed E-state index contributed by atoms with van der Waals surface area (Å²) in [6.45, 7) is 9.02. The van der Waals surface area contributed by atoms with Crippen molar-refractivity contribution in [3.63, 3.8) is 0 Å². The highest BCUT2D eigenvalue weighted by atomic mass is 35.5. The zero-order chi connectivity index (χ0) is 26.3. The quantitative estimate of drug-likeness (QED) is 0.327. The van der Waals surface area contributed by atoms with Crippen molar-refractivity contribution < 1.29 is 17.9 Å². The van der Waals surface area contributed by atoms with Crippen LogP contribution in [-0.4, -0.2) is 27.4 Å². The normalized spacial score (nSPS) is 14.8. The second kappa shape index (κ2) is 12.4. The first-order valence-corrected chi connectivity index (χ1v) is 13.9. The molecule has 0 aliphatic carbocycles. The molecule has 0 saturated carbocycles. The first kappa shape index (κ1) is 27.7. The van der Waals surface area contributed by atoms with E-state index in [0.29, 0.717) is 17.3 Å². The molecule has 0 radical (unpaired) electrons. The number of benzene rings is 3. The van der Waals surface area contributed by atoms with Crippen LogP contribution in [-0.2, 0) is 14.8 Å². The van der Waals surface area contributed by atoms with Crippen molar-refractivity contribution in [2.45, 2.75) is 45.1 Å². The van der Waals surface area contributed by atoms with Crippen molar-refractivity contribution in [1.82, 2.24) is 0 Å². The van der Waals surface area contributed by atoms with Crippen LogP contribution in [0.4, 0.5) is 11.4 Å². The number of sulfonamides is 1. The fourth-order valence-corrected chi connectivity index (χ4v) is 5.07. The van der Waals surface area contributed by atoms with E-state index in [-0.39, 0.29) is 22.7 Å². The number of rotatable bonds is 7. The van der Waals surface area contributed by atoms with Gasteiger partial charge >= 0.3 is 0 Å². The Bertz CT molecular complexity index is 1290. The average molecular weight is 529 g/mol. The first-order valence-electron chi connectivity index (χ1n) is 12.0. The molecule has 1 unspecified atom stereocenters. The number of hydrogen-bond donors (Lipinski definition) is 2. The van der Waals surface area contributed by atoms with Gasteiger partial charge < -0.3 is 10.1 Å². The molecule has 1 aliphatic heterocycles. The number of carbonyl (C=O) groups is 1. The molecule has 2 N–H and O–H groups in total. The molecule has 0 spiro atoms. The van der Waals surface area contributed by atoms with Gasteiger partial charge in [-0.05, 0) is 56.2 Å². The average Bonchev–Trinajstić information content (AvgIpc) is 2.86. The maximum Gasteiger partial charge on any atom is 0.261 e. The molecule has 3 aromatic carbocycles. The Hall–Kier alpha value is -2.87. The fraction of sp³-hybridized carbons (Fsp3) is 0.321. The Balaban J connectivity index is 0.000000275. The van der Waals surface area contributed by atoms with Crippen molar-refractivity contribution in [3.05, 3.63) is 88.4 Å². The fourth-order valence-electron chi connectivity index (χ4n) is 3.81. The van der Waals surface area contributed by atoms with Crippen LogP contribution in [0.5, 0.6) is 0 Å². The van der Waals surface area contributed by atoms with E-state index in [1.165, 1.54) is 0 Å². The third-order valence-corrected chi connectivity index (χ3v) is 7.56. The molecule has 0 fully saturated rings. The summed E-state index contributed by atoms with van der Waals surface area (Å²) < 4.78 is 33.8. The maximum absolute atomic E-state index is 12.7. The van der Waals surface area contributed by atoms with Gasteiger partial charge in [-0.1, -0.05) is 61.8 Å². The predicted molar refractivity (Wildman–Crippen MR) is 147 cm³/mol. The zero-order valence-corrected chi connectivity index (χ0v) is 22.6. The molecule has 1 aliphatic rings. The number of halogens is 1. The molecule has 1 heterocycles. The summed E-state index contributed by atoms with van der Waals surface area (Å²) in [5, 5.41) is 3.80. The molecule has 8 heteroatoms. The number of ketones is 1. The molecule has 1 atom stereocenters. The molecule has 0 amide bonds. The van der Waals surface area contributed by atoms with E-state index < -0.39 is 10.0 Å². The van der Waals surface area contributed by atoms with Crippen molar-refractivity contribution in [2.24, 2.45) is 5.92 Å². The second-order valence-electron chi connectivity index (χ2n) is 8.86. The number of carbonyl (C=O) groups excluding carboxylic acids is 1. The van der Waals surface area contributed by atoms with Crippen molar-refractivity contribution in [1.29, 1.82) is 0 Å². The Morgan fingerprint density at radius 2 is 1.83 bits per heavy atom. The molecule has 0 saturated heterocycles. The number of nitrogens with one attached hydrogen (secondary N) is 2. The van der Waals surface area contributed by atoms with Crippen LogP contribution < -0.4 is 10.0 Å². The lowest BCUT2D eigenvalue weighted by Crippen LogP contribution is -2.20. The number of hydrogen-bond acceptors (Lipinski definition) is 5. The maximum atomic E-state index is 12.7. The number of aryl methyl sites for hydroxylation is 1. The minimum atomic E-state index is -3.71. The number of anilines is 2. The van der Waals surface area contributed by atoms with E-state index in [9.17, 15) is 13.2 Å². The molecule has 3 aromatic rings. The van der Waals surface area contributed by atoms with Gasteiger partial charge in [-0.3, -0.25) is 9.52 Å². The van der Waals surface area contributed by atoms with E-state index in [1.807, 2.05) is 58.0 Å². The molecular weight excluding hydrogens is 496 g/mol. The van der Waals surface area contributed by atoms with Gasteiger partial charge in [0.2, 0.25) is 0 Å². The summed E-state index contributed by atoms with van der Waals surface area (Å²) in [6, 6.07) is 19.5. The molecule has 192 valence electrons. The first-order chi connectivity index (χ1) is 17.1. The van der Waals surface area contributed by atoms with E-state index in [0.717, 1.165) is 35.3 Å². The van der Waals surface area contributed by atoms with E-state index >= 15 is 0 Å². The summed E-state index contributed by atoms with van der Waals surface area (Å²) in [4.78, 5) is 11.5. The van der Waals surface area contributed by atoms with Crippen LogP contribution in [0.25, 0.3) is 0 Å². The van der Waals surface area contributed by atoms with Crippen molar-refractivity contribution >= 4 is 38.8 Å². The van der Waals surface area contributed by atoms with Crippen LogP contribution in [0.2, 0.25) is 5.02 Å². The second-order valence-corrected chi connectivity index (χ2v) is 11.0. The highest BCUT2D eigenvalue weighted by Crippen LogP contribution is 2.34. The van der Waals surface area contributed by atoms with Crippen LogP contribution in [0.1, 0.15) is 54.8 Å². The minimum absolute atomic E-state index is 0.0924. The standard InChI is InChI=1S/C18H21ClN2O3S.C10H12O/c1-3-24-18-8-9-20-17-7-6-14(11-15(17)18)25(22,23)21-13-5-4-12(2)16(19)10-13;1-8(2)10(11)9-6-4-3-5-7-9/h4-7,10-11,18,20-21H,3,8-9H2,1-2H3;3-8H,1-2H3. The predicted octanol–water partition coefficient (Wildman–Crippen LogP) is 6.87. The number of fused-ring (bicyclic) bond motifs is 1. The topological polar surface area (TPSA) is 84.5 Å². The van der Waals surface area contributed by atoms with Crippen LogP contribution in [0.15, 0.2) is 71.6 Å². The third kappa shape index (κ3) is 7.09. The number of Topliss-reactive ketones (excluding diaryl/α,β-unsaturated/α-hetero) is 1. The largest absolute Gasteiger partial charge is 0.385 e. The van der Waals surface area contributed by atoms with Crippen molar-refractivity contribution in [2.75, 3.05) is 23.2 Å². The summed E-state index contributed by atoms with van der Waals surface area (Å²) in [5.41, 5.74) is 3.93. The van der Waals surface area contributed by atoms with Gasteiger partial charge in [0.1, 0.15) is 0 Å². The lowest BCUT2D eigenvalue weighted by atomic mass is 10.0. The summed E-state index contributed by atoms with van der Waals surface area (Å²) in [5.74, 6) is 0.308. The molecule has 4 rings (SSSR count). The molecule has 6 nitrogen and oxygen atoms in total. The third-order valence-electron chi connectivity index (χ3n) is 5.78. The van der Waals surface area contributed by atoms with Gasteiger partial charge in [-0.25, -0.2) is 8.42 Å².